The quantitative estimate of drug-likeness (QED) is 0.394. The molecular formula is C4H3ClN2O2S. The van der Waals surface area contributed by atoms with Gasteiger partial charge in [-0.05, 0) is 21.2 Å². The predicted octanol–water partition coefficient (Wildman–Crippen LogP) is 1.79. The summed E-state index contributed by atoms with van der Waals surface area (Å²) in [5.74, 6) is 0.283. The fourth-order valence-corrected chi connectivity index (χ4v) is 1.25. The van der Waals surface area contributed by atoms with Gasteiger partial charge in [0.25, 0.3) is 0 Å². The van der Waals surface area contributed by atoms with Crippen LogP contribution >= 0.6 is 22.9 Å². The molecule has 0 aliphatic carbocycles. The summed E-state index contributed by atoms with van der Waals surface area (Å²) in [5, 5.41) is 9.94. The van der Waals surface area contributed by atoms with Crippen LogP contribution in [-0.4, -0.2) is 9.91 Å². The third-order valence-corrected chi connectivity index (χ3v) is 2.22. The molecule has 0 radical (unpaired) electrons. The third-order valence-electron chi connectivity index (χ3n) is 0.829. The van der Waals surface area contributed by atoms with Crippen LogP contribution in [0.2, 0.25) is 0 Å². The largest absolute Gasteiger partial charge is 0.423 e. The topological polar surface area (TPSA) is 56.0 Å². The number of halogens is 1. The second kappa shape index (κ2) is 2.94. The molecule has 54 valence electrons. The van der Waals surface area contributed by atoms with Crippen LogP contribution in [0.15, 0.2) is 6.20 Å². The Hall–Kier alpha value is -0.680. The lowest BCUT2D eigenvalue weighted by Gasteiger charge is -1.81. The van der Waals surface area contributed by atoms with E-state index in [0.29, 0.717) is 4.88 Å². The van der Waals surface area contributed by atoms with Gasteiger partial charge in [-0.15, -0.1) is 11.6 Å². The average molecular weight is 179 g/mol. The van der Waals surface area contributed by atoms with E-state index in [4.69, 9.17) is 11.6 Å². The molecule has 1 aromatic heterocycles. The summed E-state index contributed by atoms with van der Waals surface area (Å²) >= 11 is 6.39. The van der Waals surface area contributed by atoms with Crippen LogP contribution < -0.4 is 0 Å². The summed E-state index contributed by atoms with van der Waals surface area (Å²) in [5.41, 5.74) is 0. The Labute approximate surface area is 65.6 Å². The Morgan fingerprint density at radius 1 is 1.90 bits per heavy atom. The van der Waals surface area contributed by atoms with E-state index in [1.807, 2.05) is 0 Å². The Balaban J connectivity index is 2.88. The van der Waals surface area contributed by atoms with Gasteiger partial charge in [0.15, 0.2) is 6.20 Å². The number of nitrogens with zero attached hydrogens (tertiary/aromatic N) is 2. The summed E-state index contributed by atoms with van der Waals surface area (Å²) in [6.45, 7) is 0. The molecule has 0 N–H and O–H groups in total. The molecule has 0 amide bonds. The molecular weight excluding hydrogens is 176 g/mol. The van der Waals surface area contributed by atoms with Gasteiger partial charge in [-0.2, -0.15) is 0 Å². The van der Waals surface area contributed by atoms with E-state index in [1.165, 1.54) is 6.20 Å². The van der Waals surface area contributed by atoms with Gasteiger partial charge >= 0.3 is 5.13 Å². The minimum absolute atomic E-state index is 0.101. The minimum atomic E-state index is -0.527. The van der Waals surface area contributed by atoms with E-state index < -0.39 is 4.92 Å². The maximum Gasteiger partial charge on any atom is 0.423 e. The Bertz CT molecular complexity index is 249. The number of alkyl halides is 1. The Morgan fingerprint density at radius 3 is 2.90 bits per heavy atom. The highest BCUT2D eigenvalue weighted by atomic mass is 35.5. The maximum atomic E-state index is 10.0. The normalized spacial score (nSPS) is 9.70. The molecule has 6 heteroatoms. The number of aromatic nitrogens is 1. The first kappa shape index (κ1) is 7.43. The average Bonchev–Trinajstić information content (AvgIpc) is 2.34. The van der Waals surface area contributed by atoms with Crippen molar-refractivity contribution in [1.82, 2.24) is 4.98 Å². The van der Waals surface area contributed by atoms with E-state index in [0.717, 1.165) is 11.3 Å². The molecule has 0 saturated heterocycles. The van der Waals surface area contributed by atoms with Crippen molar-refractivity contribution < 1.29 is 4.92 Å². The number of hydrogen-bond acceptors (Lipinski definition) is 4. The standard InChI is InChI=1S/C4H3ClN2O2S/c5-1-3-2-6-4(10-3)7(8)9/h2H,1H2. The first-order chi connectivity index (χ1) is 4.74. The van der Waals surface area contributed by atoms with E-state index in [-0.39, 0.29) is 11.0 Å². The van der Waals surface area contributed by atoms with Gasteiger partial charge in [0.2, 0.25) is 0 Å². The van der Waals surface area contributed by atoms with Crippen LogP contribution in [0.3, 0.4) is 0 Å². The molecule has 0 aliphatic heterocycles. The van der Waals surface area contributed by atoms with Gasteiger partial charge in [0.05, 0.1) is 10.8 Å². The van der Waals surface area contributed by atoms with Gasteiger partial charge < -0.3 is 10.1 Å². The van der Waals surface area contributed by atoms with Crippen LogP contribution in [0.1, 0.15) is 4.88 Å². The molecule has 0 aliphatic rings. The van der Waals surface area contributed by atoms with Crippen LogP contribution in [0.5, 0.6) is 0 Å². The molecule has 10 heavy (non-hydrogen) atoms. The molecule has 1 rings (SSSR count). The van der Waals surface area contributed by atoms with Gasteiger partial charge in [-0.1, -0.05) is 0 Å². The van der Waals surface area contributed by atoms with Crippen molar-refractivity contribution >= 4 is 28.1 Å². The lowest BCUT2D eigenvalue weighted by Crippen LogP contribution is -1.83. The van der Waals surface area contributed by atoms with Crippen LogP contribution in [0.25, 0.3) is 0 Å². The Morgan fingerprint density at radius 2 is 2.60 bits per heavy atom. The smallest absolute Gasteiger partial charge is 0.357 e. The lowest BCUT2D eigenvalue weighted by molar-refractivity contribution is -0.384. The fraction of sp³-hybridized carbons (Fsp3) is 0.250. The van der Waals surface area contributed by atoms with Crippen molar-refractivity contribution in [2.75, 3.05) is 0 Å². The molecule has 0 unspecified atom stereocenters. The first-order valence-corrected chi connectivity index (χ1v) is 3.74. The molecule has 0 aromatic carbocycles. The van der Waals surface area contributed by atoms with Crippen LogP contribution in [0, 0.1) is 10.1 Å². The molecule has 4 nitrogen and oxygen atoms in total. The molecule has 0 atom stereocenters. The summed E-state index contributed by atoms with van der Waals surface area (Å²) < 4.78 is 0. The monoisotopic (exact) mass is 178 g/mol. The number of rotatable bonds is 2. The summed E-state index contributed by atoms with van der Waals surface area (Å²) in [7, 11) is 0. The Kier molecular flexibility index (Phi) is 2.18. The highest BCUT2D eigenvalue weighted by Gasteiger charge is 2.10. The van der Waals surface area contributed by atoms with Crippen molar-refractivity contribution in [2.24, 2.45) is 0 Å². The summed E-state index contributed by atoms with van der Waals surface area (Å²) in [6, 6.07) is 0. The molecule has 0 fully saturated rings. The van der Waals surface area contributed by atoms with E-state index in [1.54, 1.807) is 0 Å². The number of hydrogen-bond donors (Lipinski definition) is 0. The molecule has 0 bridgehead atoms. The number of nitro groups is 1. The zero-order valence-electron chi connectivity index (χ0n) is 4.78. The second-order valence-corrected chi connectivity index (χ2v) is 2.86. The van der Waals surface area contributed by atoms with Crippen LogP contribution in [0.4, 0.5) is 5.13 Å². The van der Waals surface area contributed by atoms with E-state index in [9.17, 15) is 10.1 Å². The lowest BCUT2D eigenvalue weighted by atomic mass is 10.6. The zero-order chi connectivity index (χ0) is 7.56. The second-order valence-electron chi connectivity index (χ2n) is 1.50. The first-order valence-electron chi connectivity index (χ1n) is 2.39. The van der Waals surface area contributed by atoms with Crippen molar-refractivity contribution in [3.8, 4) is 0 Å². The SMILES string of the molecule is O=[N+]([O-])c1ncc(CCl)s1. The molecule has 0 spiro atoms. The molecule has 1 heterocycles. The van der Waals surface area contributed by atoms with Gasteiger partial charge in [0.1, 0.15) is 0 Å². The highest BCUT2D eigenvalue weighted by Crippen LogP contribution is 2.20. The maximum absolute atomic E-state index is 10.0. The minimum Gasteiger partial charge on any atom is -0.357 e. The predicted molar refractivity (Wildman–Crippen MR) is 38.3 cm³/mol. The highest BCUT2D eigenvalue weighted by molar-refractivity contribution is 7.14. The molecule has 1 aromatic rings. The molecule has 0 saturated carbocycles. The van der Waals surface area contributed by atoms with E-state index >= 15 is 0 Å². The zero-order valence-corrected chi connectivity index (χ0v) is 6.35. The van der Waals surface area contributed by atoms with Crippen molar-refractivity contribution in [3.05, 3.63) is 21.2 Å². The van der Waals surface area contributed by atoms with Gasteiger partial charge in [0, 0.05) is 0 Å². The fourth-order valence-electron chi connectivity index (χ4n) is 0.443. The van der Waals surface area contributed by atoms with Crippen molar-refractivity contribution in [2.45, 2.75) is 5.88 Å². The van der Waals surface area contributed by atoms with Crippen LogP contribution in [-0.2, 0) is 5.88 Å². The number of thiazole rings is 1. The van der Waals surface area contributed by atoms with Crippen molar-refractivity contribution in [3.63, 3.8) is 0 Å². The summed E-state index contributed by atoms with van der Waals surface area (Å²) in [6.07, 6.45) is 1.41. The van der Waals surface area contributed by atoms with E-state index in [2.05, 4.69) is 4.98 Å². The van der Waals surface area contributed by atoms with Crippen molar-refractivity contribution in [1.29, 1.82) is 0 Å². The summed E-state index contributed by atoms with van der Waals surface area (Å²) in [4.78, 5) is 13.8. The van der Waals surface area contributed by atoms with Gasteiger partial charge in [-0.25, -0.2) is 0 Å². The third kappa shape index (κ3) is 1.43. The van der Waals surface area contributed by atoms with Gasteiger partial charge in [-0.3, -0.25) is 0 Å².